The van der Waals surface area contributed by atoms with Crippen LogP contribution in [0.25, 0.3) is 0 Å². The van der Waals surface area contributed by atoms with Gasteiger partial charge in [-0.05, 0) is 28.1 Å². The van der Waals surface area contributed by atoms with Crippen molar-refractivity contribution in [1.29, 1.82) is 5.26 Å². The number of halogens is 1. The maximum atomic E-state index is 9.00. The van der Waals surface area contributed by atoms with Crippen LogP contribution in [0.5, 0.6) is 0 Å². The van der Waals surface area contributed by atoms with Gasteiger partial charge in [-0.3, -0.25) is 0 Å². The van der Waals surface area contributed by atoms with Gasteiger partial charge in [-0.25, -0.2) is 0 Å². The summed E-state index contributed by atoms with van der Waals surface area (Å²) in [4.78, 5) is 1.85. The molecule has 16 heavy (non-hydrogen) atoms. The van der Waals surface area contributed by atoms with E-state index in [1.807, 2.05) is 30.1 Å². The average molecular weight is 295 g/mol. The van der Waals surface area contributed by atoms with E-state index in [1.165, 1.54) is 11.3 Å². The van der Waals surface area contributed by atoms with E-state index in [2.05, 4.69) is 32.2 Å². The molecule has 0 aliphatic carbocycles. The summed E-state index contributed by atoms with van der Waals surface area (Å²) in [7, 11) is 1.86. The largest absolute Gasteiger partial charge is 0.318 e. The molecule has 2 aromatic rings. The third-order valence-electron chi connectivity index (χ3n) is 2.06. The topological polar surface area (TPSA) is 52.8 Å². The Morgan fingerprint density at radius 3 is 2.75 bits per heavy atom. The minimum atomic E-state index is 0.622. The minimum Gasteiger partial charge on any atom is -0.318 e. The highest BCUT2D eigenvalue weighted by Crippen LogP contribution is 2.30. The van der Waals surface area contributed by atoms with Crippen LogP contribution in [0.2, 0.25) is 0 Å². The molecule has 0 amide bonds. The third-order valence-corrected chi connectivity index (χ3v) is 3.49. The van der Waals surface area contributed by atoms with Crippen LogP contribution in [0.3, 0.4) is 0 Å². The summed E-state index contributed by atoms with van der Waals surface area (Å²) in [5, 5.41) is 17.6. The highest BCUT2D eigenvalue weighted by atomic mass is 79.9. The second kappa shape index (κ2) is 4.60. The monoisotopic (exact) mass is 294 g/mol. The van der Waals surface area contributed by atoms with E-state index in [-0.39, 0.29) is 0 Å². The normalized spacial score (nSPS) is 9.81. The van der Waals surface area contributed by atoms with Gasteiger partial charge in [0.05, 0.1) is 11.3 Å². The third kappa shape index (κ3) is 2.05. The smallest absolute Gasteiger partial charge is 0.213 e. The molecule has 2 rings (SSSR count). The van der Waals surface area contributed by atoms with Gasteiger partial charge in [0.25, 0.3) is 0 Å². The number of anilines is 2. The molecule has 80 valence electrons. The molecule has 0 aliphatic heterocycles. The van der Waals surface area contributed by atoms with Crippen molar-refractivity contribution >= 4 is 38.1 Å². The number of aromatic nitrogens is 2. The second-order valence-corrected chi connectivity index (χ2v) is 5.26. The van der Waals surface area contributed by atoms with Crippen LogP contribution in [0.15, 0.2) is 28.2 Å². The van der Waals surface area contributed by atoms with Crippen LogP contribution in [0.1, 0.15) is 5.56 Å². The lowest BCUT2D eigenvalue weighted by atomic mass is 10.2. The van der Waals surface area contributed by atoms with E-state index in [4.69, 9.17) is 5.26 Å². The molecule has 6 heteroatoms. The van der Waals surface area contributed by atoms with E-state index in [0.29, 0.717) is 5.56 Å². The number of nitriles is 1. The molecule has 0 saturated carbocycles. The Bertz CT molecular complexity index is 546. The Morgan fingerprint density at radius 2 is 2.12 bits per heavy atom. The molecule has 0 saturated heterocycles. The molecule has 0 bridgehead atoms. The van der Waals surface area contributed by atoms with Crippen molar-refractivity contribution in [2.24, 2.45) is 0 Å². The highest BCUT2D eigenvalue weighted by molar-refractivity contribution is 9.11. The van der Waals surface area contributed by atoms with Gasteiger partial charge in [-0.1, -0.05) is 23.5 Å². The molecule has 0 spiro atoms. The predicted molar refractivity (Wildman–Crippen MR) is 66.8 cm³/mol. The summed E-state index contributed by atoms with van der Waals surface area (Å²) in [6.45, 7) is 0. The first-order valence-electron chi connectivity index (χ1n) is 4.44. The number of benzene rings is 1. The first-order chi connectivity index (χ1) is 7.72. The quantitative estimate of drug-likeness (QED) is 0.854. The van der Waals surface area contributed by atoms with Crippen LogP contribution in [0, 0.1) is 11.3 Å². The van der Waals surface area contributed by atoms with Crippen molar-refractivity contribution < 1.29 is 0 Å². The van der Waals surface area contributed by atoms with E-state index in [0.717, 1.165) is 14.7 Å². The molecule has 0 unspecified atom stereocenters. The summed E-state index contributed by atoms with van der Waals surface area (Å²) >= 11 is 4.68. The predicted octanol–water partition coefficient (Wildman–Crippen LogP) is 2.94. The van der Waals surface area contributed by atoms with Gasteiger partial charge in [-0.2, -0.15) is 5.26 Å². The van der Waals surface area contributed by atoms with E-state index in [9.17, 15) is 0 Å². The summed E-state index contributed by atoms with van der Waals surface area (Å²) in [6.07, 6.45) is 0. The molecule has 0 fully saturated rings. The van der Waals surface area contributed by atoms with E-state index < -0.39 is 0 Å². The molecule has 1 aromatic carbocycles. The Morgan fingerprint density at radius 1 is 1.38 bits per heavy atom. The summed E-state index contributed by atoms with van der Waals surface area (Å²) < 4.78 is 0.726. The Balaban J connectivity index is 2.41. The summed E-state index contributed by atoms with van der Waals surface area (Å²) in [5.74, 6) is 0. The van der Waals surface area contributed by atoms with Gasteiger partial charge in [0.2, 0.25) is 5.13 Å². The SMILES string of the molecule is CN(c1nnc(Br)s1)c1ccccc1C#N. The first kappa shape index (κ1) is 11.0. The first-order valence-corrected chi connectivity index (χ1v) is 6.05. The molecule has 0 radical (unpaired) electrons. The zero-order chi connectivity index (χ0) is 11.5. The van der Waals surface area contributed by atoms with Crippen molar-refractivity contribution in [2.75, 3.05) is 11.9 Å². The van der Waals surface area contributed by atoms with Gasteiger partial charge in [0, 0.05) is 7.05 Å². The van der Waals surface area contributed by atoms with Crippen molar-refractivity contribution in [2.45, 2.75) is 0 Å². The fourth-order valence-electron chi connectivity index (χ4n) is 1.30. The molecular formula is C10H7BrN4S. The number of nitrogens with zero attached hydrogens (tertiary/aromatic N) is 4. The number of hydrogen-bond acceptors (Lipinski definition) is 5. The van der Waals surface area contributed by atoms with Crippen LogP contribution < -0.4 is 4.90 Å². The van der Waals surface area contributed by atoms with E-state index in [1.54, 1.807) is 6.07 Å². The van der Waals surface area contributed by atoms with Gasteiger partial charge >= 0.3 is 0 Å². The average Bonchev–Trinajstić information content (AvgIpc) is 2.75. The van der Waals surface area contributed by atoms with Crippen LogP contribution in [-0.4, -0.2) is 17.2 Å². The fourth-order valence-corrected chi connectivity index (χ4v) is 2.36. The van der Waals surface area contributed by atoms with Crippen LogP contribution in [-0.2, 0) is 0 Å². The fraction of sp³-hybridized carbons (Fsp3) is 0.100. The lowest BCUT2D eigenvalue weighted by Crippen LogP contribution is -2.10. The van der Waals surface area contributed by atoms with Gasteiger partial charge in [0.15, 0.2) is 3.92 Å². The maximum absolute atomic E-state index is 9.00. The van der Waals surface area contributed by atoms with Crippen molar-refractivity contribution in [3.63, 3.8) is 0 Å². The lowest BCUT2D eigenvalue weighted by Gasteiger charge is -2.15. The van der Waals surface area contributed by atoms with Crippen LogP contribution in [0.4, 0.5) is 10.8 Å². The molecule has 0 atom stereocenters. The molecule has 1 heterocycles. The van der Waals surface area contributed by atoms with Crippen molar-refractivity contribution in [1.82, 2.24) is 10.2 Å². The lowest BCUT2D eigenvalue weighted by molar-refractivity contribution is 1.03. The second-order valence-electron chi connectivity index (χ2n) is 3.03. The van der Waals surface area contributed by atoms with Gasteiger partial charge in [0.1, 0.15) is 6.07 Å². The van der Waals surface area contributed by atoms with Crippen LogP contribution >= 0.6 is 27.3 Å². The molecule has 4 nitrogen and oxygen atoms in total. The number of rotatable bonds is 2. The van der Waals surface area contributed by atoms with Crippen molar-refractivity contribution in [3.05, 3.63) is 33.7 Å². The molecule has 0 N–H and O–H groups in total. The minimum absolute atomic E-state index is 0.622. The van der Waals surface area contributed by atoms with E-state index >= 15 is 0 Å². The number of para-hydroxylation sites is 1. The maximum Gasteiger partial charge on any atom is 0.213 e. The Kier molecular flexibility index (Phi) is 3.17. The summed E-state index contributed by atoms with van der Waals surface area (Å²) in [5.41, 5.74) is 1.45. The zero-order valence-electron chi connectivity index (χ0n) is 8.38. The standard InChI is InChI=1S/C10H7BrN4S/c1-15(10-14-13-9(11)16-10)8-5-3-2-4-7(8)6-12/h2-5H,1H3. The zero-order valence-corrected chi connectivity index (χ0v) is 10.8. The summed E-state index contributed by atoms with van der Waals surface area (Å²) in [6, 6.07) is 9.55. The highest BCUT2D eigenvalue weighted by Gasteiger charge is 2.12. The molecule has 1 aromatic heterocycles. The Labute approximate surface area is 105 Å². The van der Waals surface area contributed by atoms with Gasteiger partial charge in [-0.15, -0.1) is 10.2 Å². The van der Waals surface area contributed by atoms with Crippen molar-refractivity contribution in [3.8, 4) is 6.07 Å². The molecular weight excluding hydrogens is 288 g/mol. The van der Waals surface area contributed by atoms with Gasteiger partial charge < -0.3 is 4.90 Å². The Hall–Kier alpha value is -1.45. The molecule has 0 aliphatic rings. The number of hydrogen-bond donors (Lipinski definition) is 0.